The van der Waals surface area contributed by atoms with E-state index >= 15 is 0 Å². The van der Waals surface area contributed by atoms with E-state index in [0.717, 1.165) is 16.8 Å². The van der Waals surface area contributed by atoms with Gasteiger partial charge in [0.25, 0.3) is 5.91 Å². The first-order valence-corrected chi connectivity index (χ1v) is 10.8. The van der Waals surface area contributed by atoms with Gasteiger partial charge in [0, 0.05) is 68.4 Å². The minimum Gasteiger partial charge on any atom is -0.346 e. The summed E-state index contributed by atoms with van der Waals surface area (Å²) in [7, 11) is 0. The smallest absolute Gasteiger partial charge is 0.272 e. The Balaban J connectivity index is 1.57. The maximum atomic E-state index is 14.2. The van der Waals surface area contributed by atoms with Gasteiger partial charge >= 0.3 is 0 Å². The van der Waals surface area contributed by atoms with Crippen LogP contribution in [0.25, 0.3) is 0 Å². The van der Waals surface area contributed by atoms with Crippen molar-refractivity contribution in [2.45, 2.75) is 46.4 Å². The van der Waals surface area contributed by atoms with E-state index in [4.69, 9.17) is 0 Å². The second-order valence-corrected chi connectivity index (χ2v) is 8.55. The van der Waals surface area contributed by atoms with Gasteiger partial charge in [-0.05, 0) is 29.7 Å². The SMILES string of the molecule is CC(C)Cn1nc(C(=O)NCc2cccnc2)c2c1CCN(Cc1c(F)cccc1F)C2. The molecule has 1 amide bonds. The number of halogens is 2. The Bertz CT molecular complexity index is 1080. The zero-order valence-electron chi connectivity index (χ0n) is 18.3. The highest BCUT2D eigenvalue weighted by molar-refractivity contribution is 5.94. The van der Waals surface area contributed by atoms with Crippen molar-refractivity contribution in [1.82, 2.24) is 25.0 Å². The van der Waals surface area contributed by atoms with Gasteiger partial charge < -0.3 is 5.32 Å². The minimum absolute atomic E-state index is 0.0492. The van der Waals surface area contributed by atoms with Gasteiger partial charge in [-0.15, -0.1) is 0 Å². The van der Waals surface area contributed by atoms with Crippen molar-refractivity contribution in [3.63, 3.8) is 0 Å². The Morgan fingerprint density at radius 3 is 2.66 bits per heavy atom. The highest BCUT2D eigenvalue weighted by atomic mass is 19.1. The number of nitrogens with zero attached hydrogens (tertiary/aromatic N) is 4. The lowest BCUT2D eigenvalue weighted by molar-refractivity contribution is 0.0942. The molecular weight excluding hydrogens is 412 g/mol. The Kier molecular flexibility index (Phi) is 6.60. The van der Waals surface area contributed by atoms with E-state index in [1.165, 1.54) is 18.2 Å². The maximum absolute atomic E-state index is 14.2. The van der Waals surface area contributed by atoms with E-state index in [0.29, 0.717) is 44.2 Å². The topological polar surface area (TPSA) is 63.1 Å². The van der Waals surface area contributed by atoms with Crippen LogP contribution in [0.4, 0.5) is 8.78 Å². The first-order chi connectivity index (χ1) is 15.4. The second kappa shape index (κ2) is 9.56. The quantitative estimate of drug-likeness (QED) is 0.610. The molecule has 32 heavy (non-hydrogen) atoms. The van der Waals surface area contributed by atoms with Crippen molar-refractivity contribution >= 4 is 5.91 Å². The van der Waals surface area contributed by atoms with Crippen LogP contribution >= 0.6 is 0 Å². The molecule has 3 aromatic rings. The van der Waals surface area contributed by atoms with Crippen LogP contribution in [-0.4, -0.2) is 32.1 Å². The number of hydrogen-bond acceptors (Lipinski definition) is 4. The number of carbonyl (C=O) groups is 1. The highest BCUT2D eigenvalue weighted by Crippen LogP contribution is 2.26. The largest absolute Gasteiger partial charge is 0.346 e. The van der Waals surface area contributed by atoms with Crippen LogP contribution in [0.3, 0.4) is 0 Å². The summed E-state index contributed by atoms with van der Waals surface area (Å²) in [5.41, 5.74) is 3.18. The molecule has 0 radical (unpaired) electrons. The summed E-state index contributed by atoms with van der Waals surface area (Å²) in [6.45, 7) is 6.46. The molecule has 0 saturated heterocycles. The van der Waals surface area contributed by atoms with Gasteiger partial charge in [0.05, 0.1) is 0 Å². The third-order valence-corrected chi connectivity index (χ3v) is 5.59. The maximum Gasteiger partial charge on any atom is 0.272 e. The molecule has 2 aromatic heterocycles. The van der Waals surface area contributed by atoms with Gasteiger partial charge in [0.15, 0.2) is 5.69 Å². The van der Waals surface area contributed by atoms with Gasteiger partial charge in [-0.1, -0.05) is 26.0 Å². The fourth-order valence-electron chi connectivity index (χ4n) is 4.04. The van der Waals surface area contributed by atoms with E-state index in [1.54, 1.807) is 12.4 Å². The van der Waals surface area contributed by atoms with Crippen molar-refractivity contribution in [2.75, 3.05) is 6.54 Å². The molecule has 1 aromatic carbocycles. The lowest BCUT2D eigenvalue weighted by atomic mass is 10.0. The molecule has 8 heteroatoms. The van der Waals surface area contributed by atoms with Crippen molar-refractivity contribution in [1.29, 1.82) is 0 Å². The molecule has 1 N–H and O–H groups in total. The van der Waals surface area contributed by atoms with Crippen LogP contribution in [0.1, 0.15) is 46.7 Å². The Hall–Kier alpha value is -3.13. The zero-order chi connectivity index (χ0) is 22.7. The molecule has 0 saturated carbocycles. The molecule has 3 heterocycles. The average Bonchev–Trinajstić information content (AvgIpc) is 3.12. The summed E-state index contributed by atoms with van der Waals surface area (Å²) in [4.78, 5) is 19.0. The molecule has 0 unspecified atom stereocenters. The van der Waals surface area contributed by atoms with Gasteiger partial charge in [0.2, 0.25) is 0 Å². The Morgan fingerprint density at radius 1 is 1.19 bits per heavy atom. The third kappa shape index (κ3) is 4.85. The molecule has 0 fully saturated rings. The zero-order valence-corrected chi connectivity index (χ0v) is 18.3. The van der Waals surface area contributed by atoms with Crippen LogP contribution in [0, 0.1) is 17.6 Å². The van der Waals surface area contributed by atoms with E-state index in [2.05, 4.69) is 29.2 Å². The summed E-state index contributed by atoms with van der Waals surface area (Å²) in [6, 6.07) is 7.62. The number of benzene rings is 1. The Labute approximate surface area is 186 Å². The lowest BCUT2D eigenvalue weighted by Crippen LogP contribution is -2.33. The van der Waals surface area contributed by atoms with Crippen molar-refractivity contribution in [2.24, 2.45) is 5.92 Å². The number of amides is 1. The van der Waals surface area contributed by atoms with Gasteiger partial charge in [0.1, 0.15) is 11.6 Å². The minimum atomic E-state index is -0.555. The fourth-order valence-corrected chi connectivity index (χ4v) is 4.04. The number of aromatic nitrogens is 3. The molecule has 168 valence electrons. The predicted molar refractivity (Wildman–Crippen MR) is 117 cm³/mol. The molecule has 0 spiro atoms. The van der Waals surface area contributed by atoms with Gasteiger partial charge in [-0.25, -0.2) is 8.78 Å². The average molecular weight is 440 g/mol. The standard InChI is InChI=1S/C24H27F2N5O/c1-16(2)13-31-22-8-10-30(14-18-20(25)6-3-7-21(18)26)15-19(22)23(29-31)24(32)28-12-17-5-4-9-27-11-17/h3-7,9,11,16H,8,10,12-15H2,1-2H3,(H,28,32). The molecule has 0 atom stereocenters. The number of pyridine rings is 1. The molecule has 0 bridgehead atoms. The number of fused-ring (bicyclic) bond motifs is 1. The van der Waals surface area contributed by atoms with Crippen molar-refractivity contribution in [3.8, 4) is 0 Å². The summed E-state index contributed by atoms with van der Waals surface area (Å²) in [5.74, 6) is -0.996. The van der Waals surface area contributed by atoms with E-state index < -0.39 is 11.6 Å². The molecule has 0 aliphatic carbocycles. The van der Waals surface area contributed by atoms with Crippen LogP contribution in [0.15, 0.2) is 42.7 Å². The van der Waals surface area contributed by atoms with Crippen LogP contribution in [-0.2, 0) is 32.6 Å². The molecular formula is C24H27F2N5O. The van der Waals surface area contributed by atoms with E-state index in [-0.39, 0.29) is 18.0 Å². The third-order valence-electron chi connectivity index (χ3n) is 5.59. The Morgan fingerprint density at radius 2 is 1.97 bits per heavy atom. The van der Waals surface area contributed by atoms with Crippen LogP contribution < -0.4 is 5.32 Å². The van der Waals surface area contributed by atoms with Crippen molar-refractivity contribution in [3.05, 3.63) is 82.4 Å². The van der Waals surface area contributed by atoms with Crippen LogP contribution in [0.5, 0.6) is 0 Å². The molecule has 6 nitrogen and oxygen atoms in total. The van der Waals surface area contributed by atoms with Crippen molar-refractivity contribution < 1.29 is 13.6 Å². The van der Waals surface area contributed by atoms with Gasteiger partial charge in [-0.3, -0.25) is 19.4 Å². The van der Waals surface area contributed by atoms with E-state index in [1.807, 2.05) is 21.7 Å². The molecule has 1 aliphatic rings. The van der Waals surface area contributed by atoms with Gasteiger partial charge in [-0.2, -0.15) is 5.10 Å². The first kappa shape index (κ1) is 22.1. The predicted octanol–water partition coefficient (Wildman–Crippen LogP) is 3.70. The number of hydrogen-bond donors (Lipinski definition) is 1. The first-order valence-electron chi connectivity index (χ1n) is 10.8. The number of carbonyl (C=O) groups excluding carboxylic acids is 1. The fraction of sp³-hybridized carbons (Fsp3) is 0.375. The molecule has 1 aliphatic heterocycles. The summed E-state index contributed by atoms with van der Waals surface area (Å²) in [5, 5.41) is 7.56. The summed E-state index contributed by atoms with van der Waals surface area (Å²) < 4.78 is 30.2. The highest BCUT2D eigenvalue weighted by Gasteiger charge is 2.29. The number of rotatable bonds is 7. The molecule has 4 rings (SSSR count). The number of nitrogens with one attached hydrogen (secondary N) is 1. The summed E-state index contributed by atoms with van der Waals surface area (Å²) >= 11 is 0. The summed E-state index contributed by atoms with van der Waals surface area (Å²) in [6.07, 6.45) is 4.06. The lowest BCUT2D eigenvalue weighted by Gasteiger charge is -2.28. The van der Waals surface area contributed by atoms with E-state index in [9.17, 15) is 13.6 Å². The van der Waals surface area contributed by atoms with Crippen LogP contribution in [0.2, 0.25) is 0 Å². The normalized spacial score (nSPS) is 13.9. The monoisotopic (exact) mass is 439 g/mol. The second-order valence-electron chi connectivity index (χ2n) is 8.55.